The van der Waals surface area contributed by atoms with Crippen LogP contribution in [0.5, 0.6) is 0 Å². The smallest absolute Gasteiger partial charge is 0.311 e. The van der Waals surface area contributed by atoms with Crippen LogP contribution in [0.15, 0.2) is 0 Å². The highest BCUT2D eigenvalue weighted by Crippen LogP contribution is 2.27. The molecular weight excluding hydrogens is 268 g/mol. The van der Waals surface area contributed by atoms with Gasteiger partial charge in [0.15, 0.2) is 0 Å². The predicted octanol–water partition coefficient (Wildman–Crippen LogP) is 2.97. The molecular formula is C17H30O4. The van der Waals surface area contributed by atoms with Crippen molar-refractivity contribution < 1.29 is 19.4 Å². The molecule has 1 aliphatic heterocycles. The molecule has 0 saturated carbocycles. The summed E-state index contributed by atoms with van der Waals surface area (Å²) >= 11 is 0. The van der Waals surface area contributed by atoms with Crippen LogP contribution in [-0.2, 0) is 14.3 Å². The van der Waals surface area contributed by atoms with E-state index in [4.69, 9.17) is 4.74 Å². The van der Waals surface area contributed by atoms with Crippen molar-refractivity contribution >= 4 is 11.8 Å². The van der Waals surface area contributed by atoms with Gasteiger partial charge < -0.3 is 9.84 Å². The summed E-state index contributed by atoms with van der Waals surface area (Å²) in [5, 5.41) is 10.3. The zero-order valence-corrected chi connectivity index (χ0v) is 14.0. The molecule has 2 unspecified atom stereocenters. The number of rotatable bonds is 1. The van der Waals surface area contributed by atoms with E-state index < -0.39 is 12.0 Å². The highest BCUT2D eigenvalue weighted by molar-refractivity contribution is 5.80. The van der Waals surface area contributed by atoms with Crippen molar-refractivity contribution in [1.82, 2.24) is 0 Å². The first-order valence-corrected chi connectivity index (χ1v) is 8.19. The first-order chi connectivity index (χ1) is 9.77. The Morgan fingerprint density at radius 3 is 2.33 bits per heavy atom. The van der Waals surface area contributed by atoms with Crippen molar-refractivity contribution in [3.63, 3.8) is 0 Å². The van der Waals surface area contributed by atoms with E-state index in [1.165, 1.54) is 0 Å². The Labute approximate surface area is 128 Å². The molecule has 0 spiro atoms. The number of hydrogen-bond donors (Lipinski definition) is 1. The fourth-order valence-corrected chi connectivity index (χ4v) is 3.12. The van der Waals surface area contributed by atoms with Crippen molar-refractivity contribution in [3.8, 4) is 0 Å². The number of hydrogen-bond acceptors (Lipinski definition) is 4. The lowest BCUT2D eigenvalue weighted by atomic mass is 9.84. The van der Waals surface area contributed by atoms with Crippen molar-refractivity contribution in [2.24, 2.45) is 23.7 Å². The molecule has 0 aromatic heterocycles. The highest BCUT2D eigenvalue weighted by atomic mass is 16.5. The first kappa shape index (κ1) is 18.1. The third-order valence-electron chi connectivity index (χ3n) is 4.89. The van der Waals surface area contributed by atoms with E-state index in [1.54, 1.807) is 6.92 Å². The largest absolute Gasteiger partial charge is 0.462 e. The van der Waals surface area contributed by atoms with Gasteiger partial charge in [-0.05, 0) is 38.0 Å². The number of aliphatic hydroxyl groups excluding tert-OH is 1. The zero-order chi connectivity index (χ0) is 16.2. The number of ketones is 1. The van der Waals surface area contributed by atoms with E-state index in [2.05, 4.69) is 0 Å². The van der Waals surface area contributed by atoms with Gasteiger partial charge >= 0.3 is 5.97 Å². The summed E-state index contributed by atoms with van der Waals surface area (Å²) in [6.45, 7) is 9.55. The van der Waals surface area contributed by atoms with Crippen LogP contribution in [0.25, 0.3) is 0 Å². The third-order valence-corrected chi connectivity index (χ3v) is 4.89. The summed E-state index contributed by atoms with van der Waals surface area (Å²) in [6.07, 6.45) is 1.63. The molecule has 0 aromatic carbocycles. The van der Waals surface area contributed by atoms with Gasteiger partial charge in [-0.15, -0.1) is 0 Å². The van der Waals surface area contributed by atoms with Crippen LogP contribution in [-0.4, -0.2) is 29.1 Å². The minimum absolute atomic E-state index is 0.0195. The minimum Gasteiger partial charge on any atom is -0.462 e. The predicted molar refractivity (Wildman–Crippen MR) is 81.7 cm³/mol. The van der Waals surface area contributed by atoms with E-state index in [9.17, 15) is 14.7 Å². The number of carbonyl (C=O) groups excluding carboxylic acids is 2. The summed E-state index contributed by atoms with van der Waals surface area (Å²) < 4.78 is 5.59. The average molecular weight is 298 g/mol. The van der Waals surface area contributed by atoms with Crippen LogP contribution >= 0.6 is 0 Å². The normalized spacial score (nSPS) is 40.1. The van der Waals surface area contributed by atoms with Crippen LogP contribution in [0.3, 0.4) is 0 Å². The first-order valence-electron chi connectivity index (χ1n) is 8.19. The minimum atomic E-state index is -0.757. The zero-order valence-electron chi connectivity index (χ0n) is 14.0. The summed E-state index contributed by atoms with van der Waals surface area (Å²) in [4.78, 5) is 24.4. The lowest BCUT2D eigenvalue weighted by Crippen LogP contribution is -2.37. The third kappa shape index (κ3) is 4.80. The quantitative estimate of drug-likeness (QED) is 0.756. The Morgan fingerprint density at radius 2 is 1.76 bits per heavy atom. The number of Topliss-reactive ketones (excluding diaryl/α,β-unsaturated/α-hetero) is 1. The number of carbonyl (C=O) groups is 2. The van der Waals surface area contributed by atoms with Crippen LogP contribution in [0.4, 0.5) is 0 Å². The number of aliphatic hydroxyl groups is 1. The fraction of sp³-hybridized carbons (Fsp3) is 0.882. The van der Waals surface area contributed by atoms with Crippen molar-refractivity contribution in [3.05, 3.63) is 0 Å². The summed E-state index contributed by atoms with van der Waals surface area (Å²) in [6, 6.07) is 0. The van der Waals surface area contributed by atoms with E-state index in [0.717, 1.165) is 12.8 Å². The highest BCUT2D eigenvalue weighted by Gasteiger charge is 2.33. The molecule has 1 heterocycles. The van der Waals surface area contributed by atoms with Gasteiger partial charge in [0.1, 0.15) is 11.9 Å². The maximum atomic E-state index is 12.2. The lowest BCUT2D eigenvalue weighted by molar-refractivity contribution is -0.162. The number of cyclic esters (lactones) is 1. The van der Waals surface area contributed by atoms with Gasteiger partial charge in [-0.3, -0.25) is 9.59 Å². The molecule has 0 aromatic rings. The second-order valence-electron chi connectivity index (χ2n) is 6.76. The molecule has 4 heteroatoms. The van der Waals surface area contributed by atoms with Gasteiger partial charge in [-0.1, -0.05) is 27.7 Å². The van der Waals surface area contributed by atoms with E-state index in [0.29, 0.717) is 12.8 Å². The maximum absolute atomic E-state index is 12.2. The molecule has 1 N–H and O–H groups in total. The van der Waals surface area contributed by atoms with Gasteiger partial charge in [-0.25, -0.2) is 0 Å². The molecule has 122 valence electrons. The number of ether oxygens (including phenoxy) is 1. The molecule has 21 heavy (non-hydrogen) atoms. The van der Waals surface area contributed by atoms with Crippen LogP contribution in [0, 0.1) is 23.7 Å². The van der Waals surface area contributed by atoms with Crippen molar-refractivity contribution in [2.45, 2.75) is 72.5 Å². The van der Waals surface area contributed by atoms with Crippen LogP contribution in [0.2, 0.25) is 0 Å². The van der Waals surface area contributed by atoms with E-state index in [1.807, 2.05) is 27.7 Å². The number of esters is 1. The molecule has 0 bridgehead atoms. The topological polar surface area (TPSA) is 63.6 Å². The Bertz CT molecular complexity index is 366. The second kappa shape index (κ2) is 7.92. The monoisotopic (exact) mass is 298 g/mol. The van der Waals surface area contributed by atoms with Crippen molar-refractivity contribution in [1.29, 1.82) is 0 Å². The van der Waals surface area contributed by atoms with Gasteiger partial charge in [0.05, 0.1) is 12.0 Å². The molecule has 1 rings (SSSR count). The van der Waals surface area contributed by atoms with Gasteiger partial charge in [0, 0.05) is 12.3 Å². The molecule has 0 radical (unpaired) electrons. The average Bonchev–Trinajstić information content (AvgIpc) is 2.46. The van der Waals surface area contributed by atoms with Crippen molar-refractivity contribution in [2.75, 3.05) is 0 Å². The van der Waals surface area contributed by atoms with Crippen LogP contribution in [0.1, 0.15) is 60.3 Å². The fourth-order valence-electron chi connectivity index (χ4n) is 3.12. The molecule has 0 amide bonds. The molecule has 0 aliphatic carbocycles. The SMILES string of the molecule is CC[C@H]1OC(=O)[C@@H](C)C(O)C(C)CCC(=O)[C@H](C)C[C@H]1C. The Morgan fingerprint density at radius 1 is 1.14 bits per heavy atom. The van der Waals surface area contributed by atoms with E-state index in [-0.39, 0.29) is 35.6 Å². The summed E-state index contributed by atoms with van der Waals surface area (Å²) in [7, 11) is 0. The Kier molecular flexibility index (Phi) is 6.85. The Hall–Kier alpha value is -0.900. The molecule has 6 atom stereocenters. The molecule has 1 aliphatic rings. The molecule has 1 fully saturated rings. The van der Waals surface area contributed by atoms with Gasteiger partial charge in [0.2, 0.25) is 0 Å². The maximum Gasteiger partial charge on any atom is 0.311 e. The molecule has 4 nitrogen and oxygen atoms in total. The Balaban J connectivity index is 2.93. The standard InChI is InChI=1S/C17H30O4/c1-6-15-12(4)9-11(3)14(18)8-7-10(2)16(19)13(5)17(20)21-15/h10-13,15-16,19H,6-9H2,1-5H3/t10?,11-,12-,13+,15-,16?/m1/s1. The van der Waals surface area contributed by atoms with Gasteiger partial charge in [-0.2, -0.15) is 0 Å². The lowest BCUT2D eigenvalue weighted by Gasteiger charge is -2.30. The van der Waals surface area contributed by atoms with Gasteiger partial charge in [0.25, 0.3) is 0 Å². The van der Waals surface area contributed by atoms with Crippen LogP contribution < -0.4 is 0 Å². The summed E-state index contributed by atoms with van der Waals surface area (Å²) in [5.41, 5.74) is 0. The molecule has 1 saturated heterocycles. The van der Waals surface area contributed by atoms with E-state index >= 15 is 0 Å². The second-order valence-corrected chi connectivity index (χ2v) is 6.76. The summed E-state index contributed by atoms with van der Waals surface area (Å²) in [5.74, 6) is -0.579.